The van der Waals surface area contributed by atoms with Crippen LogP contribution in [0.1, 0.15) is 0 Å². The van der Waals surface area contributed by atoms with Crippen LogP contribution in [0.3, 0.4) is 0 Å². The van der Waals surface area contributed by atoms with Gasteiger partial charge in [-0.2, -0.15) is 0 Å². The maximum atomic E-state index is 4.04. The fourth-order valence-electron chi connectivity index (χ4n) is 1.08. The number of thiophene rings is 1. The van der Waals surface area contributed by atoms with Crippen LogP contribution in [-0.2, 0) is 0 Å². The Bertz CT molecular complexity index is 367. The third-order valence-corrected chi connectivity index (χ3v) is 2.58. The first-order chi connectivity index (χ1) is 5.42. The van der Waals surface area contributed by atoms with Gasteiger partial charge in [-0.25, -0.2) is 0 Å². The molecule has 0 fully saturated rings. The van der Waals surface area contributed by atoms with Crippen LogP contribution in [0.25, 0.3) is 10.1 Å². The third-order valence-electron chi connectivity index (χ3n) is 1.65. The molecule has 0 saturated carbocycles. The lowest BCUT2D eigenvalue weighted by Crippen LogP contribution is -1.84. The lowest BCUT2D eigenvalue weighted by atomic mass is 10.3. The van der Waals surface area contributed by atoms with Crippen molar-refractivity contribution in [2.75, 3.05) is 12.4 Å². The van der Waals surface area contributed by atoms with Crippen LogP contribution >= 0.6 is 11.3 Å². The van der Waals surface area contributed by atoms with E-state index in [1.54, 1.807) is 11.3 Å². The van der Waals surface area contributed by atoms with E-state index < -0.39 is 0 Å². The molecule has 2 rings (SSSR count). The lowest BCUT2D eigenvalue weighted by Gasteiger charge is -1.93. The van der Waals surface area contributed by atoms with Crippen molar-refractivity contribution in [1.29, 1.82) is 0 Å². The second-order valence-electron chi connectivity index (χ2n) is 2.27. The highest BCUT2D eigenvalue weighted by Gasteiger charge is 1.99. The molecule has 2 nitrogen and oxygen atoms in total. The fourth-order valence-corrected chi connectivity index (χ4v) is 1.99. The summed E-state index contributed by atoms with van der Waals surface area (Å²) < 4.78 is 1.23. The van der Waals surface area contributed by atoms with Crippen LogP contribution in [-0.4, -0.2) is 12.0 Å². The predicted octanol–water partition coefficient (Wildman–Crippen LogP) is 2.34. The average molecular weight is 164 g/mol. The Morgan fingerprint density at radius 1 is 1.55 bits per heavy atom. The molecular formula is C8H8N2S. The van der Waals surface area contributed by atoms with Gasteiger partial charge in [0.1, 0.15) is 0 Å². The van der Waals surface area contributed by atoms with Crippen molar-refractivity contribution in [2.24, 2.45) is 0 Å². The van der Waals surface area contributed by atoms with Crippen LogP contribution in [0.5, 0.6) is 0 Å². The molecule has 0 unspecified atom stereocenters. The molecule has 0 spiro atoms. The molecule has 2 heterocycles. The minimum Gasteiger partial charge on any atom is -0.387 e. The van der Waals surface area contributed by atoms with Gasteiger partial charge in [-0.3, -0.25) is 4.98 Å². The highest BCUT2D eigenvalue weighted by molar-refractivity contribution is 7.17. The molecular weight excluding hydrogens is 156 g/mol. The van der Waals surface area contributed by atoms with Gasteiger partial charge in [0.05, 0.1) is 10.4 Å². The smallest absolute Gasteiger partial charge is 0.0547 e. The van der Waals surface area contributed by atoms with Crippen molar-refractivity contribution in [3.8, 4) is 0 Å². The predicted molar refractivity (Wildman–Crippen MR) is 49.2 cm³/mol. The minimum atomic E-state index is 1.19. The van der Waals surface area contributed by atoms with Crippen molar-refractivity contribution in [3.05, 3.63) is 23.8 Å². The van der Waals surface area contributed by atoms with Crippen LogP contribution in [0.15, 0.2) is 23.8 Å². The van der Waals surface area contributed by atoms with E-state index in [4.69, 9.17) is 0 Å². The number of nitrogens with one attached hydrogen (secondary N) is 1. The summed E-state index contributed by atoms with van der Waals surface area (Å²) in [7, 11) is 1.93. The van der Waals surface area contributed by atoms with Gasteiger partial charge >= 0.3 is 0 Å². The molecule has 0 atom stereocenters. The molecule has 0 bridgehead atoms. The monoisotopic (exact) mass is 164 g/mol. The summed E-state index contributed by atoms with van der Waals surface area (Å²) in [6.45, 7) is 0. The van der Waals surface area contributed by atoms with E-state index >= 15 is 0 Å². The number of anilines is 1. The van der Waals surface area contributed by atoms with Crippen molar-refractivity contribution in [3.63, 3.8) is 0 Å². The van der Waals surface area contributed by atoms with Gasteiger partial charge in [0.2, 0.25) is 0 Å². The number of aromatic nitrogens is 1. The summed E-state index contributed by atoms with van der Waals surface area (Å²) in [5.74, 6) is 0. The van der Waals surface area contributed by atoms with Crippen molar-refractivity contribution >= 4 is 27.1 Å². The Hall–Kier alpha value is -1.09. The van der Waals surface area contributed by atoms with E-state index in [0.29, 0.717) is 0 Å². The molecule has 3 heteroatoms. The van der Waals surface area contributed by atoms with Crippen molar-refractivity contribution < 1.29 is 0 Å². The van der Waals surface area contributed by atoms with Gasteiger partial charge in [-0.15, -0.1) is 11.3 Å². The lowest BCUT2D eigenvalue weighted by molar-refractivity contribution is 1.37. The number of pyridine rings is 1. The van der Waals surface area contributed by atoms with Gasteiger partial charge in [0.25, 0.3) is 0 Å². The van der Waals surface area contributed by atoms with Crippen LogP contribution in [0.4, 0.5) is 5.69 Å². The number of hydrogen-bond acceptors (Lipinski definition) is 3. The molecule has 0 aromatic carbocycles. The standard InChI is InChI=1S/C8H8N2S/c1-9-7-5-11-8-4-10-3-2-6(7)8/h2-5,9H,1H3. The molecule has 1 N–H and O–H groups in total. The molecule has 2 aromatic heterocycles. The second-order valence-corrected chi connectivity index (χ2v) is 3.18. The fraction of sp³-hybridized carbons (Fsp3) is 0.125. The van der Waals surface area contributed by atoms with Gasteiger partial charge in [-0.1, -0.05) is 0 Å². The zero-order valence-corrected chi connectivity index (χ0v) is 6.98. The van der Waals surface area contributed by atoms with Crippen LogP contribution in [0, 0.1) is 0 Å². The molecule has 0 saturated heterocycles. The molecule has 0 aliphatic carbocycles. The zero-order valence-electron chi connectivity index (χ0n) is 6.16. The Morgan fingerprint density at radius 3 is 3.27 bits per heavy atom. The van der Waals surface area contributed by atoms with Gasteiger partial charge in [-0.05, 0) is 6.07 Å². The van der Waals surface area contributed by atoms with Gasteiger partial charge in [0.15, 0.2) is 0 Å². The number of nitrogens with zero attached hydrogens (tertiary/aromatic N) is 1. The van der Waals surface area contributed by atoms with Gasteiger partial charge in [0, 0.05) is 30.2 Å². The minimum absolute atomic E-state index is 1.19. The van der Waals surface area contributed by atoms with Crippen LogP contribution in [0.2, 0.25) is 0 Å². The summed E-state index contributed by atoms with van der Waals surface area (Å²) in [5, 5.41) is 6.49. The zero-order chi connectivity index (χ0) is 7.68. The third kappa shape index (κ3) is 0.973. The summed E-state index contributed by atoms with van der Waals surface area (Å²) in [6.07, 6.45) is 3.71. The Labute approximate surface area is 68.9 Å². The Morgan fingerprint density at radius 2 is 2.45 bits per heavy atom. The van der Waals surface area contributed by atoms with E-state index in [0.717, 1.165) is 0 Å². The molecule has 11 heavy (non-hydrogen) atoms. The summed E-state index contributed by atoms with van der Waals surface area (Å²) in [4.78, 5) is 4.04. The average Bonchev–Trinajstić information content (AvgIpc) is 2.47. The highest BCUT2D eigenvalue weighted by atomic mass is 32.1. The SMILES string of the molecule is CNc1csc2cnccc12. The van der Waals surface area contributed by atoms with E-state index in [2.05, 4.69) is 15.7 Å². The molecule has 56 valence electrons. The molecule has 0 radical (unpaired) electrons. The first-order valence-electron chi connectivity index (χ1n) is 3.41. The number of hydrogen-bond donors (Lipinski definition) is 1. The van der Waals surface area contributed by atoms with Crippen molar-refractivity contribution in [1.82, 2.24) is 4.98 Å². The second kappa shape index (κ2) is 2.51. The van der Waals surface area contributed by atoms with E-state index in [1.165, 1.54) is 15.8 Å². The number of fused-ring (bicyclic) bond motifs is 1. The molecule has 0 amide bonds. The summed E-state index contributed by atoms with van der Waals surface area (Å²) >= 11 is 1.71. The maximum Gasteiger partial charge on any atom is 0.0547 e. The highest BCUT2D eigenvalue weighted by Crippen LogP contribution is 2.28. The van der Waals surface area contributed by atoms with E-state index in [9.17, 15) is 0 Å². The molecule has 2 aromatic rings. The largest absolute Gasteiger partial charge is 0.387 e. The van der Waals surface area contributed by atoms with Gasteiger partial charge < -0.3 is 5.32 Å². The topological polar surface area (TPSA) is 24.9 Å². The number of rotatable bonds is 1. The van der Waals surface area contributed by atoms with Crippen molar-refractivity contribution in [2.45, 2.75) is 0 Å². The summed E-state index contributed by atoms with van der Waals surface area (Å²) in [6, 6.07) is 2.03. The van der Waals surface area contributed by atoms with E-state index in [1.807, 2.05) is 25.5 Å². The normalized spacial score (nSPS) is 10.3. The van der Waals surface area contributed by atoms with Crippen LogP contribution < -0.4 is 5.32 Å². The quantitative estimate of drug-likeness (QED) is 0.699. The molecule has 0 aliphatic heterocycles. The first kappa shape index (κ1) is 6.61. The maximum absolute atomic E-state index is 4.04. The first-order valence-corrected chi connectivity index (χ1v) is 4.29. The Balaban J connectivity index is 2.76. The Kier molecular flexibility index (Phi) is 1.51. The molecule has 0 aliphatic rings. The summed E-state index contributed by atoms with van der Waals surface area (Å²) in [5.41, 5.74) is 1.19. The van der Waals surface area contributed by atoms with E-state index in [-0.39, 0.29) is 0 Å².